The fraction of sp³-hybridized carbons (Fsp3) is 0.250. The van der Waals surface area contributed by atoms with E-state index >= 15 is 0 Å². The summed E-state index contributed by atoms with van der Waals surface area (Å²) < 4.78 is 11.4. The van der Waals surface area contributed by atoms with E-state index in [2.05, 4.69) is 28.1 Å². The van der Waals surface area contributed by atoms with Crippen molar-refractivity contribution in [3.05, 3.63) is 59.7 Å². The molecule has 19 heavy (non-hydrogen) atoms. The fourth-order valence-electron chi connectivity index (χ4n) is 1.77. The monoisotopic (exact) mass is 320 g/mol. The molecule has 0 aromatic heterocycles. The lowest BCUT2D eigenvalue weighted by molar-refractivity contribution is 0.302. The van der Waals surface area contributed by atoms with Crippen molar-refractivity contribution in [1.82, 2.24) is 0 Å². The average Bonchev–Trinajstić information content (AvgIpc) is 2.45. The molecule has 0 saturated heterocycles. The van der Waals surface area contributed by atoms with Crippen molar-refractivity contribution in [3.63, 3.8) is 0 Å². The highest BCUT2D eigenvalue weighted by Crippen LogP contribution is 2.24. The SMILES string of the molecule is Cc1cc(OCCBr)ccc1OCc1ccccc1. The smallest absolute Gasteiger partial charge is 0.122 e. The molecule has 2 nitrogen and oxygen atoms in total. The third kappa shape index (κ3) is 4.28. The molecular formula is C16H17BrO2. The lowest BCUT2D eigenvalue weighted by Gasteiger charge is -2.11. The largest absolute Gasteiger partial charge is 0.493 e. The Morgan fingerprint density at radius 3 is 2.47 bits per heavy atom. The Bertz CT molecular complexity index is 511. The van der Waals surface area contributed by atoms with Gasteiger partial charge in [-0.3, -0.25) is 0 Å². The first-order valence-electron chi connectivity index (χ1n) is 6.26. The van der Waals surface area contributed by atoms with Crippen molar-refractivity contribution in [1.29, 1.82) is 0 Å². The van der Waals surface area contributed by atoms with Gasteiger partial charge < -0.3 is 9.47 Å². The predicted octanol–water partition coefficient (Wildman–Crippen LogP) is 4.35. The van der Waals surface area contributed by atoms with Crippen LogP contribution in [-0.4, -0.2) is 11.9 Å². The van der Waals surface area contributed by atoms with Crippen molar-refractivity contribution in [3.8, 4) is 11.5 Å². The van der Waals surface area contributed by atoms with Gasteiger partial charge in [0.25, 0.3) is 0 Å². The normalized spacial score (nSPS) is 10.2. The van der Waals surface area contributed by atoms with Crippen LogP contribution < -0.4 is 9.47 Å². The van der Waals surface area contributed by atoms with Crippen molar-refractivity contribution in [2.24, 2.45) is 0 Å². The summed E-state index contributed by atoms with van der Waals surface area (Å²) in [6.07, 6.45) is 0. The number of aryl methyl sites for hydroxylation is 1. The molecule has 0 heterocycles. The molecule has 0 spiro atoms. The molecule has 2 rings (SSSR count). The van der Waals surface area contributed by atoms with Crippen LogP contribution in [0.3, 0.4) is 0 Å². The van der Waals surface area contributed by atoms with Gasteiger partial charge in [-0.1, -0.05) is 46.3 Å². The highest BCUT2D eigenvalue weighted by molar-refractivity contribution is 9.09. The summed E-state index contributed by atoms with van der Waals surface area (Å²) in [5.74, 6) is 1.78. The second kappa shape index (κ2) is 7.19. The van der Waals surface area contributed by atoms with Gasteiger partial charge in [-0.2, -0.15) is 0 Å². The van der Waals surface area contributed by atoms with Crippen molar-refractivity contribution in [2.75, 3.05) is 11.9 Å². The number of halogens is 1. The Morgan fingerprint density at radius 2 is 1.79 bits per heavy atom. The molecule has 3 heteroatoms. The van der Waals surface area contributed by atoms with Crippen molar-refractivity contribution in [2.45, 2.75) is 13.5 Å². The summed E-state index contributed by atoms with van der Waals surface area (Å²) in [6.45, 7) is 3.29. The molecule has 0 bridgehead atoms. The maximum atomic E-state index is 5.82. The summed E-state index contributed by atoms with van der Waals surface area (Å²) in [6, 6.07) is 16.1. The highest BCUT2D eigenvalue weighted by atomic mass is 79.9. The van der Waals surface area contributed by atoms with Gasteiger partial charge >= 0.3 is 0 Å². The van der Waals surface area contributed by atoms with E-state index in [1.807, 2.05) is 43.3 Å². The Hall–Kier alpha value is -1.48. The molecule has 0 radical (unpaired) electrons. The van der Waals surface area contributed by atoms with Crippen LogP contribution in [0.1, 0.15) is 11.1 Å². The second-order valence-corrected chi connectivity index (χ2v) is 5.03. The van der Waals surface area contributed by atoms with Crippen LogP contribution in [0.25, 0.3) is 0 Å². The Balaban J connectivity index is 1.97. The Kier molecular flexibility index (Phi) is 5.28. The van der Waals surface area contributed by atoms with E-state index in [0.29, 0.717) is 13.2 Å². The number of benzene rings is 2. The van der Waals surface area contributed by atoms with E-state index in [1.54, 1.807) is 0 Å². The van der Waals surface area contributed by atoms with Gasteiger partial charge in [-0.15, -0.1) is 0 Å². The Labute approximate surface area is 122 Å². The summed E-state index contributed by atoms with van der Waals surface area (Å²) in [4.78, 5) is 0. The van der Waals surface area contributed by atoms with Crippen LogP contribution in [0.5, 0.6) is 11.5 Å². The van der Waals surface area contributed by atoms with E-state index in [4.69, 9.17) is 9.47 Å². The first-order chi connectivity index (χ1) is 9.29. The standard InChI is InChI=1S/C16H17BrO2/c1-13-11-15(18-10-9-17)7-8-16(13)19-12-14-5-3-2-4-6-14/h2-8,11H,9-10,12H2,1H3. The number of alkyl halides is 1. The van der Waals surface area contributed by atoms with Crippen molar-refractivity contribution >= 4 is 15.9 Å². The molecule has 0 aliphatic carbocycles. The predicted molar refractivity (Wildman–Crippen MR) is 81.2 cm³/mol. The van der Waals surface area contributed by atoms with Crippen LogP contribution in [-0.2, 0) is 6.61 Å². The minimum atomic E-state index is 0.587. The molecule has 0 unspecified atom stereocenters. The van der Waals surface area contributed by atoms with Gasteiger partial charge in [-0.25, -0.2) is 0 Å². The van der Waals surface area contributed by atoms with Gasteiger partial charge in [0.05, 0.1) is 6.61 Å². The molecule has 0 N–H and O–H groups in total. The van der Waals surface area contributed by atoms with E-state index in [0.717, 1.165) is 22.4 Å². The average molecular weight is 321 g/mol. The molecule has 0 amide bonds. The van der Waals surface area contributed by atoms with Crippen LogP contribution in [0.15, 0.2) is 48.5 Å². The molecule has 0 aliphatic heterocycles. The number of rotatable bonds is 6. The zero-order valence-corrected chi connectivity index (χ0v) is 12.5. The van der Waals surface area contributed by atoms with Gasteiger partial charge in [0, 0.05) is 5.33 Å². The number of ether oxygens (including phenoxy) is 2. The summed E-state index contributed by atoms with van der Waals surface area (Å²) in [7, 11) is 0. The highest BCUT2D eigenvalue weighted by Gasteiger charge is 2.02. The molecule has 2 aromatic rings. The van der Waals surface area contributed by atoms with Gasteiger partial charge in [0.1, 0.15) is 18.1 Å². The fourth-order valence-corrected chi connectivity index (χ4v) is 1.93. The van der Waals surface area contributed by atoms with Gasteiger partial charge in [0.15, 0.2) is 0 Å². The maximum absolute atomic E-state index is 5.82. The molecule has 0 saturated carbocycles. The second-order valence-electron chi connectivity index (χ2n) is 4.24. The molecular weight excluding hydrogens is 304 g/mol. The van der Waals surface area contributed by atoms with Crippen LogP contribution >= 0.6 is 15.9 Å². The Morgan fingerprint density at radius 1 is 1.00 bits per heavy atom. The number of hydrogen-bond donors (Lipinski definition) is 0. The summed E-state index contributed by atoms with van der Waals surface area (Å²) in [5.41, 5.74) is 2.25. The van der Waals surface area contributed by atoms with Gasteiger partial charge in [-0.05, 0) is 36.2 Å². The lowest BCUT2D eigenvalue weighted by atomic mass is 10.2. The summed E-state index contributed by atoms with van der Waals surface area (Å²) >= 11 is 3.34. The van der Waals surface area contributed by atoms with Crippen LogP contribution in [0.2, 0.25) is 0 Å². The van der Waals surface area contributed by atoms with E-state index < -0.39 is 0 Å². The topological polar surface area (TPSA) is 18.5 Å². The molecule has 0 fully saturated rings. The first kappa shape index (κ1) is 13.9. The zero-order chi connectivity index (χ0) is 13.5. The molecule has 100 valence electrons. The van der Waals surface area contributed by atoms with Crippen LogP contribution in [0, 0.1) is 6.92 Å². The number of hydrogen-bond acceptors (Lipinski definition) is 2. The quantitative estimate of drug-likeness (QED) is 0.737. The van der Waals surface area contributed by atoms with Gasteiger partial charge in [0.2, 0.25) is 0 Å². The third-order valence-electron chi connectivity index (χ3n) is 2.73. The third-order valence-corrected chi connectivity index (χ3v) is 3.05. The minimum Gasteiger partial charge on any atom is -0.493 e. The van der Waals surface area contributed by atoms with E-state index in [-0.39, 0.29) is 0 Å². The van der Waals surface area contributed by atoms with Crippen LogP contribution in [0.4, 0.5) is 0 Å². The molecule has 0 aliphatic rings. The zero-order valence-electron chi connectivity index (χ0n) is 10.9. The molecule has 0 atom stereocenters. The first-order valence-corrected chi connectivity index (χ1v) is 7.38. The van der Waals surface area contributed by atoms with E-state index in [1.165, 1.54) is 5.56 Å². The maximum Gasteiger partial charge on any atom is 0.122 e. The summed E-state index contributed by atoms with van der Waals surface area (Å²) in [5, 5.41) is 0.832. The minimum absolute atomic E-state index is 0.587. The van der Waals surface area contributed by atoms with E-state index in [9.17, 15) is 0 Å². The molecule has 2 aromatic carbocycles. The lowest BCUT2D eigenvalue weighted by Crippen LogP contribution is -2.00. The van der Waals surface area contributed by atoms with Crippen molar-refractivity contribution < 1.29 is 9.47 Å².